The van der Waals surface area contributed by atoms with E-state index in [-0.39, 0.29) is 6.04 Å². The molecular weight excluding hydrogens is 410 g/mol. The third kappa shape index (κ3) is 4.25. The van der Waals surface area contributed by atoms with Gasteiger partial charge in [-0.25, -0.2) is 9.97 Å². The highest BCUT2D eigenvalue weighted by Crippen LogP contribution is 2.39. The number of piperidine rings is 1. The number of nitrogen functional groups attached to an aromatic ring is 1. The molecule has 0 bridgehead atoms. The predicted octanol–water partition coefficient (Wildman–Crippen LogP) is 4.16. The van der Waals surface area contributed by atoms with Crippen LogP contribution in [0.25, 0.3) is 10.2 Å². The summed E-state index contributed by atoms with van der Waals surface area (Å²) in [5.41, 5.74) is 10.7. The van der Waals surface area contributed by atoms with Crippen LogP contribution in [0, 0.1) is 18.8 Å². The van der Waals surface area contributed by atoms with Gasteiger partial charge in [0.2, 0.25) is 0 Å². The van der Waals surface area contributed by atoms with Crippen molar-refractivity contribution in [3.63, 3.8) is 0 Å². The molecule has 1 aliphatic rings. The molecule has 31 heavy (non-hydrogen) atoms. The molecule has 0 aliphatic carbocycles. The predicted molar refractivity (Wildman–Crippen MR) is 124 cm³/mol. The van der Waals surface area contributed by atoms with Gasteiger partial charge in [-0.1, -0.05) is 26.3 Å². The average Bonchev–Trinajstić information content (AvgIpc) is 3.23. The van der Waals surface area contributed by atoms with E-state index in [1.807, 2.05) is 24.6 Å². The first kappa shape index (κ1) is 21.2. The van der Waals surface area contributed by atoms with Crippen LogP contribution in [0.4, 0.5) is 11.5 Å². The maximum Gasteiger partial charge on any atom is 0.313 e. The molecule has 162 valence electrons. The highest BCUT2D eigenvalue weighted by molar-refractivity contribution is 7.16. The summed E-state index contributed by atoms with van der Waals surface area (Å²) < 4.78 is 1.11. The Hall–Kier alpha value is -3.00. The van der Waals surface area contributed by atoms with Gasteiger partial charge < -0.3 is 16.0 Å². The third-order valence-electron chi connectivity index (χ3n) is 6.29. The zero-order valence-electron chi connectivity index (χ0n) is 18.0. The topological polar surface area (TPSA) is 101 Å². The summed E-state index contributed by atoms with van der Waals surface area (Å²) in [4.78, 5) is 36.3. The molecule has 1 aromatic carbocycles. The van der Waals surface area contributed by atoms with Gasteiger partial charge in [0, 0.05) is 6.54 Å². The number of fused-ring (bicyclic) bond motifs is 1. The normalized spacial score (nSPS) is 21.3. The van der Waals surface area contributed by atoms with Crippen molar-refractivity contribution in [1.29, 1.82) is 0 Å². The second kappa shape index (κ2) is 8.63. The van der Waals surface area contributed by atoms with Crippen LogP contribution < -0.4 is 11.1 Å². The van der Waals surface area contributed by atoms with Gasteiger partial charge in [0.05, 0.1) is 33.7 Å². The molecule has 8 heteroatoms. The van der Waals surface area contributed by atoms with E-state index in [1.54, 1.807) is 22.3 Å². The number of benzene rings is 1. The van der Waals surface area contributed by atoms with E-state index in [9.17, 15) is 9.59 Å². The number of nitrogens with zero attached hydrogens (tertiary/aromatic N) is 3. The summed E-state index contributed by atoms with van der Waals surface area (Å²) in [7, 11) is 0. The summed E-state index contributed by atoms with van der Waals surface area (Å²) in [5.74, 6) is 0.0259. The molecule has 2 amide bonds. The van der Waals surface area contributed by atoms with Crippen LogP contribution in [-0.2, 0) is 9.59 Å². The number of carbonyl (C=O) groups is 2. The van der Waals surface area contributed by atoms with Crippen molar-refractivity contribution < 1.29 is 9.59 Å². The fourth-order valence-electron chi connectivity index (χ4n) is 4.39. The molecule has 1 fully saturated rings. The molecule has 0 spiro atoms. The lowest BCUT2D eigenvalue weighted by atomic mass is 9.79. The zero-order valence-corrected chi connectivity index (χ0v) is 18.8. The number of aromatic nitrogens is 2. The van der Waals surface area contributed by atoms with Gasteiger partial charge in [0.1, 0.15) is 5.82 Å². The molecule has 3 N–H and O–H groups in total. The smallest absolute Gasteiger partial charge is 0.313 e. The van der Waals surface area contributed by atoms with Crippen molar-refractivity contribution in [3.8, 4) is 0 Å². The lowest BCUT2D eigenvalue weighted by Gasteiger charge is -2.43. The van der Waals surface area contributed by atoms with Crippen LogP contribution in [0.2, 0.25) is 0 Å². The summed E-state index contributed by atoms with van der Waals surface area (Å²) in [5, 5.41) is 2.69. The Morgan fingerprint density at radius 1 is 1.29 bits per heavy atom. The number of hydrogen-bond donors (Lipinski definition) is 2. The van der Waals surface area contributed by atoms with Gasteiger partial charge >= 0.3 is 11.8 Å². The Bertz CT molecular complexity index is 1130. The summed E-state index contributed by atoms with van der Waals surface area (Å²) in [6.45, 7) is 6.69. The molecule has 7 nitrogen and oxygen atoms in total. The minimum Gasteiger partial charge on any atom is -0.383 e. The van der Waals surface area contributed by atoms with Crippen molar-refractivity contribution in [3.05, 3.63) is 47.1 Å². The van der Waals surface area contributed by atoms with E-state index in [2.05, 4.69) is 35.2 Å². The van der Waals surface area contributed by atoms with E-state index in [1.165, 1.54) is 6.20 Å². The van der Waals surface area contributed by atoms with Crippen molar-refractivity contribution in [2.24, 2.45) is 11.8 Å². The summed E-state index contributed by atoms with van der Waals surface area (Å²) >= 11 is 1.59. The number of nitrogens with two attached hydrogens (primary N) is 1. The highest BCUT2D eigenvalue weighted by Gasteiger charge is 2.38. The Balaban J connectivity index is 1.61. The molecule has 2 aromatic heterocycles. The monoisotopic (exact) mass is 437 g/mol. The largest absolute Gasteiger partial charge is 0.383 e. The van der Waals surface area contributed by atoms with Gasteiger partial charge in [-0.05, 0) is 54.5 Å². The lowest BCUT2D eigenvalue weighted by Crippen LogP contribution is -2.48. The number of likely N-dealkylation sites (tertiary alicyclic amines) is 1. The number of anilines is 2. The Morgan fingerprint density at radius 3 is 2.84 bits per heavy atom. The molecule has 4 rings (SSSR count). The third-order valence-corrected chi connectivity index (χ3v) is 7.10. The number of aryl methyl sites for hydroxylation is 1. The van der Waals surface area contributed by atoms with Crippen LogP contribution in [0.3, 0.4) is 0 Å². The van der Waals surface area contributed by atoms with E-state index >= 15 is 0 Å². The maximum absolute atomic E-state index is 13.2. The molecule has 3 atom stereocenters. The van der Waals surface area contributed by atoms with E-state index in [0.717, 1.165) is 34.2 Å². The summed E-state index contributed by atoms with van der Waals surface area (Å²) in [6.07, 6.45) is 3.34. The fraction of sp³-hybridized carbons (Fsp3) is 0.391. The maximum atomic E-state index is 13.2. The highest BCUT2D eigenvalue weighted by atomic mass is 32.1. The standard InChI is InChI=1S/C23H27N5O2S/c1-4-15-9-19(16-5-6-20-18(8-16)26-12-31-20)28(11-14(15)3)23(30)22(29)27-17-7-13(2)21(24)25-10-17/h5-8,10,12,14-15,19H,4,9,11H2,1-3H3,(H2,24,25)(H,27,29)/t14-,15+,19-/m0/s1. The van der Waals surface area contributed by atoms with Gasteiger partial charge in [-0.3, -0.25) is 9.59 Å². The van der Waals surface area contributed by atoms with Crippen molar-refractivity contribution in [2.45, 2.75) is 39.7 Å². The molecular formula is C23H27N5O2S. The molecule has 3 aromatic rings. The molecule has 0 radical (unpaired) electrons. The van der Waals surface area contributed by atoms with Crippen LogP contribution in [0.15, 0.2) is 36.0 Å². The van der Waals surface area contributed by atoms with Crippen LogP contribution >= 0.6 is 11.3 Å². The minimum absolute atomic E-state index is 0.156. The number of pyridine rings is 1. The van der Waals surface area contributed by atoms with Crippen LogP contribution in [-0.4, -0.2) is 33.2 Å². The Morgan fingerprint density at radius 2 is 2.10 bits per heavy atom. The minimum atomic E-state index is -0.659. The molecule has 0 unspecified atom stereocenters. The number of rotatable bonds is 3. The molecule has 1 saturated heterocycles. The van der Waals surface area contributed by atoms with E-state index in [0.29, 0.717) is 29.9 Å². The lowest BCUT2D eigenvalue weighted by molar-refractivity contribution is -0.147. The van der Waals surface area contributed by atoms with Gasteiger partial charge in [-0.15, -0.1) is 11.3 Å². The first-order valence-corrected chi connectivity index (χ1v) is 11.4. The average molecular weight is 438 g/mol. The van der Waals surface area contributed by atoms with Crippen LogP contribution in [0.1, 0.15) is 43.9 Å². The molecule has 3 heterocycles. The number of hydrogen-bond acceptors (Lipinski definition) is 6. The number of nitrogens with one attached hydrogen (secondary N) is 1. The fourth-order valence-corrected chi connectivity index (χ4v) is 5.05. The molecule has 1 aliphatic heterocycles. The first-order valence-electron chi connectivity index (χ1n) is 10.5. The SMILES string of the molecule is CC[C@@H]1C[C@@H](c2ccc3scnc3c2)N(C(=O)C(=O)Nc2cnc(N)c(C)c2)C[C@@H]1C. The van der Waals surface area contributed by atoms with Crippen molar-refractivity contribution in [1.82, 2.24) is 14.9 Å². The van der Waals surface area contributed by atoms with Crippen molar-refractivity contribution in [2.75, 3.05) is 17.6 Å². The zero-order chi connectivity index (χ0) is 22.1. The first-order chi connectivity index (χ1) is 14.9. The molecule has 0 saturated carbocycles. The second-order valence-corrected chi connectivity index (χ2v) is 9.20. The second-order valence-electron chi connectivity index (χ2n) is 8.31. The quantitative estimate of drug-likeness (QED) is 0.599. The van der Waals surface area contributed by atoms with Gasteiger partial charge in [0.15, 0.2) is 0 Å². The summed E-state index contributed by atoms with van der Waals surface area (Å²) in [6, 6.07) is 7.71. The number of carbonyl (C=O) groups excluding carboxylic acids is 2. The van der Waals surface area contributed by atoms with E-state index in [4.69, 9.17) is 5.73 Å². The van der Waals surface area contributed by atoms with Gasteiger partial charge in [-0.2, -0.15) is 0 Å². The van der Waals surface area contributed by atoms with Crippen molar-refractivity contribution >= 4 is 44.9 Å². The Labute approximate surface area is 185 Å². The van der Waals surface area contributed by atoms with Crippen LogP contribution in [0.5, 0.6) is 0 Å². The number of amides is 2. The van der Waals surface area contributed by atoms with Gasteiger partial charge in [0.25, 0.3) is 0 Å². The Kier molecular flexibility index (Phi) is 5.91. The number of thiazole rings is 1. The van der Waals surface area contributed by atoms with E-state index < -0.39 is 11.8 Å².